The molecule has 1 aromatic carbocycles. The van der Waals surface area contributed by atoms with Crippen molar-refractivity contribution in [3.8, 4) is 0 Å². The molecule has 0 amide bonds. The zero-order valence-electron chi connectivity index (χ0n) is 15.9. The summed E-state index contributed by atoms with van der Waals surface area (Å²) in [6.45, 7) is 4.96. The van der Waals surface area contributed by atoms with E-state index < -0.39 is 11.2 Å². The van der Waals surface area contributed by atoms with Crippen LogP contribution >= 0.6 is 0 Å². The number of rotatable bonds is 4. The van der Waals surface area contributed by atoms with E-state index >= 15 is 0 Å². The molecule has 1 heterocycles. The fourth-order valence-electron chi connectivity index (χ4n) is 3.45. The molecule has 0 spiro atoms. The molecule has 26 heavy (non-hydrogen) atoms. The highest BCUT2D eigenvalue weighted by Gasteiger charge is 2.37. The van der Waals surface area contributed by atoms with Crippen molar-refractivity contribution in [3.05, 3.63) is 30.1 Å². The Morgan fingerprint density at radius 1 is 1.12 bits per heavy atom. The molecule has 1 unspecified atom stereocenters. The molecular weight excluding hydrogens is 331 g/mol. The molecule has 3 rings (SSSR count). The van der Waals surface area contributed by atoms with Crippen LogP contribution in [0.25, 0.3) is 11.0 Å². The van der Waals surface area contributed by atoms with Crippen LogP contribution in [0.2, 0.25) is 0 Å². The van der Waals surface area contributed by atoms with Crippen LogP contribution in [-0.4, -0.2) is 48.7 Å². The fourth-order valence-corrected chi connectivity index (χ4v) is 3.45. The van der Waals surface area contributed by atoms with Gasteiger partial charge < -0.3 is 24.8 Å². The quantitative estimate of drug-likeness (QED) is 0.626. The third kappa shape index (κ3) is 4.85. The number of imidazole rings is 1. The van der Waals surface area contributed by atoms with E-state index in [1.165, 1.54) is 37.6 Å². The minimum atomic E-state index is -1.17. The number of aromatic nitrogens is 2. The standard InChI is InChI=1S/C19H28N2O2.BH2O2/c1-18(2,22)19(3,23)12-14-9-10-17-16(11-14)20-13-21(17)15-7-5-4-6-8-15;2-1-3/h9-11,13,15,22-23H,4-8,12H2,1-3H3;2-3H. The van der Waals surface area contributed by atoms with E-state index in [2.05, 4.69) is 15.6 Å². The van der Waals surface area contributed by atoms with E-state index in [4.69, 9.17) is 10.0 Å². The highest BCUT2D eigenvalue weighted by Crippen LogP contribution is 2.32. The number of hydrogen-bond acceptors (Lipinski definition) is 5. The SMILES string of the molecule is CC(C)(O)C(C)(O)Cc1ccc2c(c1)ncn2C1CCCCC1.O[B]O. The van der Waals surface area contributed by atoms with Gasteiger partial charge in [0.15, 0.2) is 0 Å². The van der Waals surface area contributed by atoms with Gasteiger partial charge in [0.2, 0.25) is 0 Å². The zero-order valence-corrected chi connectivity index (χ0v) is 15.9. The number of benzene rings is 1. The first-order valence-corrected chi connectivity index (χ1v) is 9.20. The minimum Gasteiger partial charge on any atom is -0.429 e. The second-order valence-corrected chi connectivity index (χ2v) is 7.89. The third-order valence-electron chi connectivity index (χ3n) is 5.47. The molecule has 1 aromatic heterocycles. The first-order valence-electron chi connectivity index (χ1n) is 9.20. The van der Waals surface area contributed by atoms with E-state index in [9.17, 15) is 10.2 Å². The molecule has 7 heteroatoms. The van der Waals surface area contributed by atoms with Crippen LogP contribution in [0.3, 0.4) is 0 Å². The molecule has 143 valence electrons. The van der Waals surface area contributed by atoms with E-state index in [0.29, 0.717) is 12.5 Å². The van der Waals surface area contributed by atoms with Gasteiger partial charge in [-0.1, -0.05) is 25.3 Å². The highest BCUT2D eigenvalue weighted by atomic mass is 16.4. The predicted octanol–water partition coefficient (Wildman–Crippen LogP) is 2.11. The van der Waals surface area contributed by atoms with Gasteiger partial charge in [0, 0.05) is 12.5 Å². The summed E-state index contributed by atoms with van der Waals surface area (Å²) in [6.07, 6.45) is 8.79. The maximum atomic E-state index is 10.5. The van der Waals surface area contributed by atoms with Gasteiger partial charge in [0.1, 0.15) is 0 Å². The molecule has 1 atom stereocenters. The molecule has 6 nitrogen and oxygen atoms in total. The Morgan fingerprint density at radius 2 is 1.73 bits per heavy atom. The van der Waals surface area contributed by atoms with Crippen LogP contribution in [0.4, 0.5) is 0 Å². The Morgan fingerprint density at radius 3 is 2.31 bits per heavy atom. The summed E-state index contributed by atoms with van der Waals surface area (Å²) in [6, 6.07) is 6.75. The van der Waals surface area contributed by atoms with Crippen LogP contribution in [-0.2, 0) is 6.42 Å². The summed E-state index contributed by atoms with van der Waals surface area (Å²) >= 11 is 0. The number of fused-ring (bicyclic) bond motifs is 1. The van der Waals surface area contributed by atoms with Crippen LogP contribution < -0.4 is 0 Å². The van der Waals surface area contributed by atoms with Crippen LogP contribution in [0.5, 0.6) is 0 Å². The lowest BCUT2D eigenvalue weighted by Crippen LogP contribution is -2.49. The Labute approximate surface area is 155 Å². The average molecular weight is 361 g/mol. The maximum Gasteiger partial charge on any atom is 0.482 e. The molecule has 1 aliphatic carbocycles. The van der Waals surface area contributed by atoms with Gasteiger partial charge in [-0.15, -0.1) is 0 Å². The summed E-state index contributed by atoms with van der Waals surface area (Å²) in [4.78, 5) is 4.57. The van der Waals surface area contributed by atoms with Crippen LogP contribution in [0.1, 0.15) is 64.5 Å². The Hall–Kier alpha value is -1.41. The Balaban J connectivity index is 0.000000758. The van der Waals surface area contributed by atoms with Gasteiger partial charge in [0.25, 0.3) is 0 Å². The van der Waals surface area contributed by atoms with Crippen LogP contribution in [0.15, 0.2) is 24.5 Å². The van der Waals surface area contributed by atoms with Crippen molar-refractivity contribution in [3.63, 3.8) is 0 Å². The van der Waals surface area contributed by atoms with E-state index in [-0.39, 0.29) is 7.69 Å². The maximum absolute atomic E-state index is 10.5. The average Bonchev–Trinajstić information content (AvgIpc) is 2.98. The third-order valence-corrected chi connectivity index (χ3v) is 5.47. The predicted molar refractivity (Wildman–Crippen MR) is 103 cm³/mol. The van der Waals surface area contributed by atoms with Crippen molar-refractivity contribution < 1.29 is 20.3 Å². The lowest BCUT2D eigenvalue weighted by molar-refractivity contribution is -0.118. The largest absolute Gasteiger partial charge is 0.482 e. The summed E-state index contributed by atoms with van der Waals surface area (Å²) < 4.78 is 2.31. The molecule has 4 N–H and O–H groups in total. The molecule has 0 aliphatic heterocycles. The monoisotopic (exact) mass is 361 g/mol. The van der Waals surface area contributed by atoms with Gasteiger partial charge in [0.05, 0.1) is 28.6 Å². The van der Waals surface area contributed by atoms with Crippen molar-refractivity contribution in [2.45, 2.75) is 76.5 Å². The normalized spacial score (nSPS) is 18.1. The van der Waals surface area contributed by atoms with Gasteiger partial charge in [-0.3, -0.25) is 0 Å². The first-order chi connectivity index (χ1) is 12.2. The van der Waals surface area contributed by atoms with Crippen molar-refractivity contribution in [2.75, 3.05) is 0 Å². The number of nitrogens with zero attached hydrogens (tertiary/aromatic N) is 2. The Kier molecular flexibility index (Phi) is 6.85. The zero-order chi connectivity index (χ0) is 19.4. The van der Waals surface area contributed by atoms with Gasteiger partial charge >= 0.3 is 7.69 Å². The summed E-state index contributed by atoms with van der Waals surface area (Å²) in [7, 11) is 0. The molecule has 0 bridgehead atoms. The van der Waals surface area contributed by atoms with E-state index in [1.54, 1.807) is 20.8 Å². The molecule has 0 saturated heterocycles. The molecule has 1 aliphatic rings. The summed E-state index contributed by atoms with van der Waals surface area (Å²) in [5.41, 5.74) is 0.817. The Bertz CT molecular complexity index is 703. The molecular formula is C19H30BN2O4. The second-order valence-electron chi connectivity index (χ2n) is 7.89. The fraction of sp³-hybridized carbons (Fsp3) is 0.632. The van der Waals surface area contributed by atoms with Gasteiger partial charge in [-0.2, -0.15) is 0 Å². The topological polar surface area (TPSA) is 98.7 Å². The first kappa shape index (κ1) is 20.9. The molecule has 2 aromatic rings. The van der Waals surface area contributed by atoms with Crippen molar-refractivity contribution >= 4 is 18.7 Å². The minimum absolute atomic E-state index is 0. The van der Waals surface area contributed by atoms with Crippen molar-refractivity contribution in [2.24, 2.45) is 0 Å². The van der Waals surface area contributed by atoms with E-state index in [0.717, 1.165) is 11.1 Å². The summed E-state index contributed by atoms with van der Waals surface area (Å²) in [5.74, 6) is 0. The lowest BCUT2D eigenvalue weighted by Gasteiger charge is -2.35. The van der Waals surface area contributed by atoms with Crippen molar-refractivity contribution in [1.82, 2.24) is 9.55 Å². The van der Waals surface area contributed by atoms with Gasteiger partial charge in [-0.05, 0) is 51.3 Å². The number of hydrogen-bond donors (Lipinski definition) is 4. The van der Waals surface area contributed by atoms with E-state index in [1.807, 2.05) is 18.5 Å². The molecule has 1 saturated carbocycles. The molecule has 1 radical (unpaired) electrons. The lowest BCUT2D eigenvalue weighted by atomic mass is 9.82. The highest BCUT2D eigenvalue weighted by molar-refractivity contribution is 6.13. The number of aliphatic hydroxyl groups is 2. The second kappa shape index (κ2) is 8.52. The van der Waals surface area contributed by atoms with Crippen LogP contribution in [0, 0.1) is 0 Å². The molecule has 1 fully saturated rings. The summed E-state index contributed by atoms with van der Waals surface area (Å²) in [5, 5.41) is 34.6. The van der Waals surface area contributed by atoms with Gasteiger partial charge in [-0.25, -0.2) is 4.98 Å². The van der Waals surface area contributed by atoms with Crippen molar-refractivity contribution in [1.29, 1.82) is 0 Å². The smallest absolute Gasteiger partial charge is 0.429 e.